The maximum Gasteiger partial charge on any atom is 0.260 e. The minimum atomic E-state index is -0.0809. The fourth-order valence-corrected chi connectivity index (χ4v) is 4.36. The third kappa shape index (κ3) is 7.39. The van der Waals surface area contributed by atoms with E-state index in [0.29, 0.717) is 38.3 Å². The first-order valence-corrected chi connectivity index (χ1v) is 12.1. The van der Waals surface area contributed by atoms with Crippen LogP contribution < -0.4 is 10.1 Å². The predicted octanol–water partition coefficient (Wildman–Crippen LogP) is 3.44. The lowest BCUT2D eigenvalue weighted by atomic mass is 10.00. The lowest BCUT2D eigenvalue weighted by Crippen LogP contribution is -2.41. The van der Waals surface area contributed by atoms with Gasteiger partial charge in [-0.2, -0.15) is 0 Å². The van der Waals surface area contributed by atoms with Crippen LogP contribution in [-0.4, -0.2) is 59.4 Å². The zero-order valence-electron chi connectivity index (χ0n) is 19.9. The maximum atomic E-state index is 12.9. The summed E-state index contributed by atoms with van der Waals surface area (Å²) in [6.45, 7) is 2.90. The van der Waals surface area contributed by atoms with Gasteiger partial charge in [0.25, 0.3) is 5.91 Å². The Bertz CT molecular complexity index is 1060. The van der Waals surface area contributed by atoms with Crippen LogP contribution in [0.1, 0.15) is 30.0 Å². The van der Waals surface area contributed by atoms with E-state index in [-0.39, 0.29) is 24.5 Å². The fourth-order valence-electron chi connectivity index (χ4n) is 4.36. The normalized spacial score (nSPS) is 17.8. The number of nitrogens with zero attached hydrogens (tertiary/aromatic N) is 3. The van der Waals surface area contributed by atoms with E-state index in [1.165, 1.54) is 0 Å². The molecule has 4 rings (SSSR count). The Morgan fingerprint density at radius 2 is 1.66 bits per heavy atom. The Labute approximate surface area is 206 Å². The lowest BCUT2D eigenvalue weighted by molar-refractivity contribution is -0.133. The van der Waals surface area contributed by atoms with E-state index >= 15 is 0 Å². The first-order valence-electron chi connectivity index (χ1n) is 12.1. The van der Waals surface area contributed by atoms with Crippen molar-refractivity contribution in [3.05, 3.63) is 96.3 Å². The minimum Gasteiger partial charge on any atom is -0.484 e. The van der Waals surface area contributed by atoms with Gasteiger partial charge >= 0.3 is 0 Å². The summed E-state index contributed by atoms with van der Waals surface area (Å²) < 4.78 is 5.67. The minimum absolute atomic E-state index is 0.0200. The van der Waals surface area contributed by atoms with Crippen LogP contribution in [0.4, 0.5) is 0 Å². The third-order valence-corrected chi connectivity index (χ3v) is 6.17. The molecule has 2 aromatic carbocycles. The van der Waals surface area contributed by atoms with Crippen molar-refractivity contribution < 1.29 is 14.3 Å². The van der Waals surface area contributed by atoms with Gasteiger partial charge in [0, 0.05) is 57.6 Å². The van der Waals surface area contributed by atoms with E-state index in [0.717, 1.165) is 24.1 Å². The first-order chi connectivity index (χ1) is 17.2. The van der Waals surface area contributed by atoms with E-state index in [1.54, 1.807) is 17.3 Å². The first kappa shape index (κ1) is 24.4. The van der Waals surface area contributed by atoms with Crippen LogP contribution in [0, 0.1) is 0 Å². The molecule has 1 saturated heterocycles. The van der Waals surface area contributed by atoms with Gasteiger partial charge in [-0.1, -0.05) is 48.5 Å². The highest BCUT2D eigenvalue weighted by Gasteiger charge is 2.25. The number of carbonyl (C=O) groups is 2. The van der Waals surface area contributed by atoms with Crippen molar-refractivity contribution >= 4 is 11.8 Å². The summed E-state index contributed by atoms with van der Waals surface area (Å²) in [4.78, 5) is 34.1. The summed E-state index contributed by atoms with van der Waals surface area (Å²) in [5.41, 5.74) is 2.25. The molecule has 35 heavy (non-hydrogen) atoms. The molecule has 3 aromatic rings. The Morgan fingerprint density at radius 1 is 0.943 bits per heavy atom. The van der Waals surface area contributed by atoms with Crippen LogP contribution in [-0.2, 0) is 16.1 Å². The number of hydrogen-bond donors (Lipinski definition) is 1. The number of pyridine rings is 1. The summed E-state index contributed by atoms with van der Waals surface area (Å²) in [5.74, 6) is 0.567. The maximum absolute atomic E-state index is 12.9. The van der Waals surface area contributed by atoms with Gasteiger partial charge in [0.1, 0.15) is 5.75 Å². The highest BCUT2D eigenvalue weighted by atomic mass is 16.5. The molecule has 2 heterocycles. The largest absolute Gasteiger partial charge is 0.484 e. The fraction of sp³-hybridized carbons (Fsp3) is 0.321. The Kier molecular flexibility index (Phi) is 8.84. The zero-order chi connectivity index (χ0) is 24.3. The van der Waals surface area contributed by atoms with E-state index in [4.69, 9.17) is 4.74 Å². The molecule has 0 saturated carbocycles. The van der Waals surface area contributed by atoms with E-state index < -0.39 is 0 Å². The lowest BCUT2D eigenvalue weighted by Gasteiger charge is -2.32. The third-order valence-electron chi connectivity index (χ3n) is 6.17. The molecule has 1 N–H and O–H groups in total. The number of benzene rings is 2. The molecule has 2 amide bonds. The molecule has 1 aliphatic heterocycles. The quantitative estimate of drug-likeness (QED) is 0.595. The van der Waals surface area contributed by atoms with Gasteiger partial charge in [-0.3, -0.25) is 19.5 Å². The molecular weight excluding hydrogens is 440 g/mol. The molecule has 7 heteroatoms. The van der Waals surface area contributed by atoms with Gasteiger partial charge in [0.05, 0.1) is 0 Å². The van der Waals surface area contributed by atoms with Gasteiger partial charge in [0.15, 0.2) is 6.61 Å². The molecule has 1 atom stereocenters. The highest BCUT2D eigenvalue weighted by molar-refractivity contribution is 5.78. The van der Waals surface area contributed by atoms with Gasteiger partial charge in [-0.05, 0) is 41.8 Å². The molecule has 182 valence electrons. The number of ether oxygens (including phenoxy) is 1. The van der Waals surface area contributed by atoms with Crippen molar-refractivity contribution in [1.82, 2.24) is 20.1 Å². The summed E-state index contributed by atoms with van der Waals surface area (Å²) in [6, 6.07) is 23.4. The van der Waals surface area contributed by atoms with Gasteiger partial charge in [-0.25, -0.2) is 0 Å². The van der Waals surface area contributed by atoms with E-state index in [2.05, 4.69) is 27.3 Å². The second-order valence-corrected chi connectivity index (χ2v) is 8.64. The molecule has 0 radical (unpaired) electrons. The molecule has 1 aliphatic rings. The predicted molar refractivity (Wildman–Crippen MR) is 135 cm³/mol. The number of hydrogen-bond acceptors (Lipinski definition) is 5. The van der Waals surface area contributed by atoms with Crippen molar-refractivity contribution in [3.8, 4) is 5.75 Å². The molecule has 1 unspecified atom stereocenters. The number of nitrogens with one attached hydrogen (secondary N) is 1. The van der Waals surface area contributed by atoms with Crippen molar-refractivity contribution in [2.24, 2.45) is 0 Å². The van der Waals surface area contributed by atoms with Crippen LogP contribution in [0.3, 0.4) is 0 Å². The monoisotopic (exact) mass is 472 g/mol. The van der Waals surface area contributed by atoms with Crippen molar-refractivity contribution in [1.29, 1.82) is 0 Å². The smallest absolute Gasteiger partial charge is 0.260 e. The second kappa shape index (κ2) is 12.7. The Balaban J connectivity index is 1.48. The molecule has 0 aliphatic carbocycles. The molecule has 0 spiro atoms. The van der Waals surface area contributed by atoms with E-state index in [1.807, 2.05) is 60.7 Å². The number of para-hydroxylation sites is 1. The Hall–Kier alpha value is -3.71. The SMILES string of the molecule is O=C1CC(c2ccccc2)N(Cc2ccncc2)CCCN(C(=O)COc2ccccc2)CCN1. The van der Waals surface area contributed by atoms with Crippen LogP contribution in [0.15, 0.2) is 85.2 Å². The van der Waals surface area contributed by atoms with Crippen molar-refractivity contribution in [2.75, 3.05) is 32.8 Å². The molecule has 1 fully saturated rings. The summed E-state index contributed by atoms with van der Waals surface area (Å²) >= 11 is 0. The van der Waals surface area contributed by atoms with Crippen LogP contribution >= 0.6 is 0 Å². The highest BCUT2D eigenvalue weighted by Crippen LogP contribution is 2.27. The van der Waals surface area contributed by atoms with Gasteiger partial charge < -0.3 is 15.0 Å². The van der Waals surface area contributed by atoms with Crippen LogP contribution in [0.2, 0.25) is 0 Å². The number of aromatic nitrogens is 1. The van der Waals surface area contributed by atoms with E-state index in [9.17, 15) is 9.59 Å². The summed E-state index contributed by atoms with van der Waals surface area (Å²) in [5, 5.41) is 3.01. The molecule has 1 aromatic heterocycles. The average Bonchev–Trinajstić information content (AvgIpc) is 2.93. The molecule has 7 nitrogen and oxygen atoms in total. The Morgan fingerprint density at radius 3 is 2.40 bits per heavy atom. The summed E-state index contributed by atoms with van der Waals surface area (Å²) in [6.07, 6.45) is 4.73. The van der Waals surface area contributed by atoms with Gasteiger partial charge in [0.2, 0.25) is 5.91 Å². The van der Waals surface area contributed by atoms with Crippen molar-refractivity contribution in [3.63, 3.8) is 0 Å². The number of rotatable bonds is 6. The molecular formula is C28H32N4O3. The number of amides is 2. The average molecular weight is 473 g/mol. The standard InChI is InChI=1S/C28H32N4O3/c33-27-20-26(24-8-3-1-4-9-24)32(21-23-12-14-29-15-13-23)18-7-17-31(19-16-30-27)28(34)22-35-25-10-5-2-6-11-25/h1-6,8-15,26H,7,16-22H2,(H,30,33). The number of carbonyl (C=O) groups excluding carboxylic acids is 2. The molecule has 0 bridgehead atoms. The van der Waals surface area contributed by atoms with Crippen molar-refractivity contribution in [2.45, 2.75) is 25.4 Å². The second-order valence-electron chi connectivity index (χ2n) is 8.64. The van der Waals surface area contributed by atoms with Crippen LogP contribution in [0.25, 0.3) is 0 Å². The summed E-state index contributed by atoms with van der Waals surface area (Å²) in [7, 11) is 0. The van der Waals surface area contributed by atoms with Crippen LogP contribution in [0.5, 0.6) is 5.75 Å². The van der Waals surface area contributed by atoms with Gasteiger partial charge in [-0.15, -0.1) is 0 Å². The zero-order valence-corrected chi connectivity index (χ0v) is 19.9. The topological polar surface area (TPSA) is 74.8 Å².